The van der Waals surface area contributed by atoms with Gasteiger partial charge in [0.15, 0.2) is 13.1 Å². The number of hydrogen-bond acceptors (Lipinski definition) is 3. The summed E-state index contributed by atoms with van der Waals surface area (Å²) in [5.74, 6) is -0.657. The van der Waals surface area contributed by atoms with E-state index in [1.165, 1.54) is 0 Å². The van der Waals surface area contributed by atoms with Crippen molar-refractivity contribution in [2.24, 2.45) is 0 Å². The van der Waals surface area contributed by atoms with Crippen LogP contribution >= 0.6 is 11.6 Å². The molecule has 7 nitrogen and oxygen atoms in total. The number of benzene rings is 2. The number of anilines is 2. The number of carbonyl (C=O) groups is 3. The summed E-state index contributed by atoms with van der Waals surface area (Å²) in [7, 11) is 3.30. The maximum Gasteiger partial charge on any atom is 0.279 e. The summed E-state index contributed by atoms with van der Waals surface area (Å²) >= 11 is 6.01. The summed E-state index contributed by atoms with van der Waals surface area (Å²) in [5.41, 5.74) is 1.63. The second-order valence-electron chi connectivity index (χ2n) is 6.04. The Balaban J connectivity index is 1.82. The standard InChI is InChI=1S/C19H21ClN4O3/c1-21-19(27)13-7-9-14(10-8-13)22-17(25)11-24(2)12-18(26)23-16-6-4-3-5-15(16)20/h3-10H,11-12H2,1-2H3,(H,21,27)(H,22,25)(H,23,26)/p+1. The van der Waals surface area contributed by atoms with Crippen molar-refractivity contribution in [3.05, 3.63) is 59.1 Å². The maximum absolute atomic E-state index is 12.1. The van der Waals surface area contributed by atoms with Crippen LogP contribution in [0.5, 0.6) is 0 Å². The van der Waals surface area contributed by atoms with Crippen LogP contribution in [-0.4, -0.2) is 44.9 Å². The Hall–Kier alpha value is -2.90. The highest BCUT2D eigenvalue weighted by atomic mass is 35.5. The Labute approximate surface area is 162 Å². The second-order valence-corrected chi connectivity index (χ2v) is 6.45. The lowest BCUT2D eigenvalue weighted by molar-refractivity contribution is -0.862. The van der Waals surface area contributed by atoms with Crippen LogP contribution in [0.25, 0.3) is 0 Å². The van der Waals surface area contributed by atoms with Crippen LogP contribution in [-0.2, 0) is 9.59 Å². The minimum absolute atomic E-state index is 0.118. The van der Waals surface area contributed by atoms with Crippen molar-refractivity contribution in [3.8, 4) is 0 Å². The third-order valence-electron chi connectivity index (χ3n) is 3.73. The first-order valence-electron chi connectivity index (χ1n) is 8.36. The van der Waals surface area contributed by atoms with Gasteiger partial charge < -0.3 is 20.9 Å². The first kappa shape index (κ1) is 20.4. The Morgan fingerprint density at radius 2 is 1.52 bits per heavy atom. The molecule has 0 aliphatic carbocycles. The average Bonchev–Trinajstić information content (AvgIpc) is 2.63. The SMILES string of the molecule is CNC(=O)c1ccc(NC(=O)C[NH+](C)CC(=O)Nc2ccccc2Cl)cc1. The molecule has 0 saturated heterocycles. The molecule has 0 fully saturated rings. The molecule has 0 aliphatic rings. The molecule has 0 aliphatic heterocycles. The summed E-state index contributed by atoms with van der Waals surface area (Å²) in [6.07, 6.45) is 0. The molecule has 27 heavy (non-hydrogen) atoms. The first-order valence-corrected chi connectivity index (χ1v) is 8.74. The van der Waals surface area contributed by atoms with Crippen LogP contribution in [0.1, 0.15) is 10.4 Å². The monoisotopic (exact) mass is 389 g/mol. The number of para-hydroxylation sites is 1. The van der Waals surface area contributed by atoms with E-state index >= 15 is 0 Å². The van der Waals surface area contributed by atoms with Gasteiger partial charge in [0.25, 0.3) is 17.7 Å². The van der Waals surface area contributed by atoms with Crippen LogP contribution in [0.3, 0.4) is 0 Å². The predicted molar refractivity (Wildman–Crippen MR) is 105 cm³/mol. The molecule has 1 unspecified atom stereocenters. The van der Waals surface area contributed by atoms with Gasteiger partial charge in [0.05, 0.1) is 17.8 Å². The van der Waals surface area contributed by atoms with Crippen molar-refractivity contribution in [3.63, 3.8) is 0 Å². The predicted octanol–water partition coefficient (Wildman–Crippen LogP) is 0.792. The van der Waals surface area contributed by atoms with E-state index in [2.05, 4.69) is 16.0 Å². The molecule has 2 rings (SSSR count). The Kier molecular flexibility index (Phi) is 7.34. The van der Waals surface area contributed by atoms with Crippen molar-refractivity contribution in [2.45, 2.75) is 0 Å². The Bertz CT molecular complexity index is 824. The van der Waals surface area contributed by atoms with Crippen LogP contribution in [0, 0.1) is 0 Å². The Morgan fingerprint density at radius 1 is 0.926 bits per heavy atom. The lowest BCUT2D eigenvalue weighted by Crippen LogP contribution is -3.11. The van der Waals surface area contributed by atoms with Gasteiger partial charge in [-0.15, -0.1) is 0 Å². The molecule has 2 aromatic rings. The van der Waals surface area contributed by atoms with Crippen molar-refractivity contribution >= 4 is 40.7 Å². The molecule has 3 amide bonds. The minimum atomic E-state index is -0.233. The van der Waals surface area contributed by atoms with Gasteiger partial charge in [-0.2, -0.15) is 0 Å². The van der Waals surface area contributed by atoms with Crippen LogP contribution in [0.15, 0.2) is 48.5 Å². The highest BCUT2D eigenvalue weighted by molar-refractivity contribution is 6.33. The highest BCUT2D eigenvalue weighted by Crippen LogP contribution is 2.19. The zero-order chi connectivity index (χ0) is 19.8. The van der Waals surface area contributed by atoms with E-state index in [-0.39, 0.29) is 30.8 Å². The number of nitrogens with one attached hydrogen (secondary N) is 4. The van der Waals surface area contributed by atoms with Gasteiger partial charge in [-0.05, 0) is 36.4 Å². The van der Waals surface area contributed by atoms with Gasteiger partial charge in [0.1, 0.15) is 0 Å². The summed E-state index contributed by atoms with van der Waals surface area (Å²) in [4.78, 5) is 36.4. The molecule has 0 saturated carbocycles. The average molecular weight is 390 g/mol. The molecule has 0 heterocycles. The number of likely N-dealkylation sites (N-methyl/N-ethyl adjacent to an activating group) is 1. The number of hydrogen-bond donors (Lipinski definition) is 4. The lowest BCUT2D eigenvalue weighted by Gasteiger charge is -2.14. The molecule has 0 spiro atoms. The molecule has 0 bridgehead atoms. The van der Waals surface area contributed by atoms with Gasteiger partial charge in [0.2, 0.25) is 0 Å². The van der Waals surface area contributed by atoms with Crippen LogP contribution < -0.4 is 20.9 Å². The maximum atomic E-state index is 12.1. The van der Waals surface area contributed by atoms with Crippen LogP contribution in [0.4, 0.5) is 11.4 Å². The van der Waals surface area contributed by atoms with E-state index in [1.807, 2.05) is 0 Å². The fourth-order valence-electron chi connectivity index (χ4n) is 2.42. The van der Waals surface area contributed by atoms with Gasteiger partial charge in [-0.3, -0.25) is 14.4 Å². The molecule has 8 heteroatoms. The Morgan fingerprint density at radius 3 is 2.11 bits per heavy atom. The highest BCUT2D eigenvalue weighted by Gasteiger charge is 2.15. The van der Waals surface area contributed by atoms with E-state index in [9.17, 15) is 14.4 Å². The van der Waals surface area contributed by atoms with E-state index in [0.717, 1.165) is 4.90 Å². The van der Waals surface area contributed by atoms with Gasteiger partial charge in [-0.25, -0.2) is 0 Å². The smallest absolute Gasteiger partial charge is 0.279 e. The number of amides is 3. The van der Waals surface area contributed by atoms with Gasteiger partial charge >= 0.3 is 0 Å². The van der Waals surface area contributed by atoms with E-state index < -0.39 is 0 Å². The molecule has 4 N–H and O–H groups in total. The molecule has 142 valence electrons. The van der Waals surface area contributed by atoms with Gasteiger partial charge in [0, 0.05) is 18.3 Å². The lowest BCUT2D eigenvalue weighted by atomic mass is 10.2. The molecular formula is C19H22ClN4O3+. The van der Waals surface area contributed by atoms with E-state index in [4.69, 9.17) is 11.6 Å². The first-order chi connectivity index (χ1) is 12.9. The fourth-order valence-corrected chi connectivity index (χ4v) is 2.61. The summed E-state index contributed by atoms with van der Waals surface area (Å²) in [6.45, 7) is 0.237. The molecule has 0 radical (unpaired) electrons. The zero-order valence-corrected chi connectivity index (χ0v) is 15.9. The second kappa shape index (κ2) is 9.70. The van der Waals surface area contributed by atoms with E-state index in [1.54, 1.807) is 62.6 Å². The molecule has 1 atom stereocenters. The topological polar surface area (TPSA) is 91.7 Å². The van der Waals surface area contributed by atoms with E-state index in [0.29, 0.717) is 22.0 Å². The van der Waals surface area contributed by atoms with Crippen molar-refractivity contribution in [2.75, 3.05) is 37.8 Å². The van der Waals surface area contributed by atoms with Crippen molar-refractivity contribution in [1.82, 2.24) is 5.32 Å². The molecule has 0 aromatic heterocycles. The number of carbonyl (C=O) groups excluding carboxylic acids is 3. The number of halogens is 1. The number of rotatable bonds is 7. The van der Waals surface area contributed by atoms with Gasteiger partial charge in [-0.1, -0.05) is 23.7 Å². The van der Waals surface area contributed by atoms with Crippen molar-refractivity contribution in [1.29, 1.82) is 0 Å². The molecular weight excluding hydrogens is 368 g/mol. The van der Waals surface area contributed by atoms with Crippen molar-refractivity contribution < 1.29 is 19.3 Å². The summed E-state index contributed by atoms with van der Waals surface area (Å²) in [6, 6.07) is 13.5. The fraction of sp³-hybridized carbons (Fsp3) is 0.211. The third-order valence-corrected chi connectivity index (χ3v) is 4.06. The quantitative estimate of drug-likeness (QED) is 0.564. The zero-order valence-electron chi connectivity index (χ0n) is 15.1. The summed E-state index contributed by atoms with van der Waals surface area (Å²) in [5, 5.41) is 8.46. The molecule has 2 aromatic carbocycles. The number of quaternary nitrogens is 1. The third kappa shape index (κ3) is 6.40. The normalized spacial score (nSPS) is 11.4. The largest absolute Gasteiger partial charge is 0.355 e. The van der Waals surface area contributed by atoms with Crippen LogP contribution in [0.2, 0.25) is 5.02 Å². The minimum Gasteiger partial charge on any atom is -0.355 e. The summed E-state index contributed by atoms with van der Waals surface area (Å²) < 4.78 is 0.